The minimum atomic E-state index is -0.909. The van der Waals surface area contributed by atoms with Crippen molar-refractivity contribution in [2.45, 2.75) is 51.1 Å². The van der Waals surface area contributed by atoms with Crippen molar-refractivity contribution in [2.24, 2.45) is 0 Å². The lowest BCUT2D eigenvalue weighted by molar-refractivity contribution is -0.122. The Balaban J connectivity index is 1.89. The number of Topliss-reactive ketones (excluding diaryl/α,β-unsaturated/α-hetero) is 1. The number of nitrogens with one attached hydrogen (secondary N) is 2. The molecule has 4 nitrogen and oxygen atoms in total. The average molecular weight is 368 g/mol. The van der Waals surface area contributed by atoms with E-state index in [0.29, 0.717) is 11.3 Å². The topological polar surface area (TPSA) is 58.2 Å². The largest absolute Gasteiger partial charge is 0.369 e. The van der Waals surface area contributed by atoms with Crippen molar-refractivity contribution >= 4 is 17.4 Å². The van der Waals surface area contributed by atoms with Gasteiger partial charge in [-0.15, -0.1) is 0 Å². The molecule has 2 N–H and O–H groups in total. The molecule has 2 aromatic rings. The number of halogens is 1. The molecule has 1 unspecified atom stereocenters. The first-order valence-electron chi connectivity index (χ1n) is 9.47. The van der Waals surface area contributed by atoms with Crippen molar-refractivity contribution in [1.82, 2.24) is 5.32 Å². The predicted molar refractivity (Wildman–Crippen MR) is 104 cm³/mol. The summed E-state index contributed by atoms with van der Waals surface area (Å²) in [5.74, 6) is -0.836. The van der Waals surface area contributed by atoms with Crippen molar-refractivity contribution in [3.8, 4) is 0 Å². The summed E-state index contributed by atoms with van der Waals surface area (Å²) in [5, 5.41) is 6.16. The molecule has 142 valence electrons. The summed E-state index contributed by atoms with van der Waals surface area (Å²) in [7, 11) is 0. The molecule has 0 saturated heterocycles. The van der Waals surface area contributed by atoms with Crippen molar-refractivity contribution < 1.29 is 14.0 Å². The average Bonchev–Trinajstić information content (AvgIpc) is 2.67. The van der Waals surface area contributed by atoms with Gasteiger partial charge in [-0.2, -0.15) is 0 Å². The molecular formula is C22H25FN2O2. The molecule has 1 saturated carbocycles. The van der Waals surface area contributed by atoms with Gasteiger partial charge in [-0.3, -0.25) is 9.59 Å². The van der Waals surface area contributed by atoms with Crippen LogP contribution in [0.1, 0.15) is 61.0 Å². The number of benzene rings is 2. The number of rotatable bonds is 6. The van der Waals surface area contributed by atoms with E-state index >= 15 is 0 Å². The molecule has 5 heteroatoms. The number of anilines is 1. The first-order chi connectivity index (χ1) is 13.1. The van der Waals surface area contributed by atoms with Crippen LogP contribution >= 0.6 is 0 Å². The molecule has 0 radical (unpaired) electrons. The Morgan fingerprint density at radius 1 is 1.00 bits per heavy atom. The summed E-state index contributed by atoms with van der Waals surface area (Å²) in [6.07, 6.45) is 5.26. The highest BCUT2D eigenvalue weighted by atomic mass is 19.1. The highest BCUT2D eigenvalue weighted by Gasteiger charge is 2.27. The first kappa shape index (κ1) is 19.1. The number of amides is 1. The van der Waals surface area contributed by atoms with Crippen LogP contribution in [0.4, 0.5) is 10.1 Å². The summed E-state index contributed by atoms with van der Waals surface area (Å²) in [6, 6.07) is 12.4. The van der Waals surface area contributed by atoms with Crippen LogP contribution in [0.5, 0.6) is 0 Å². The summed E-state index contributed by atoms with van der Waals surface area (Å²) in [6.45, 7) is 1.47. The number of carbonyl (C=O) groups excluding carboxylic acids is 2. The molecule has 27 heavy (non-hydrogen) atoms. The first-order valence-corrected chi connectivity index (χ1v) is 9.47. The minimum absolute atomic E-state index is 0.113. The van der Waals surface area contributed by atoms with Gasteiger partial charge < -0.3 is 10.6 Å². The molecule has 0 aromatic heterocycles. The minimum Gasteiger partial charge on any atom is -0.369 e. The van der Waals surface area contributed by atoms with Crippen LogP contribution in [-0.2, 0) is 4.79 Å². The molecule has 0 spiro atoms. The molecule has 1 aliphatic carbocycles. The third kappa shape index (κ3) is 4.73. The van der Waals surface area contributed by atoms with Gasteiger partial charge in [-0.1, -0.05) is 49.6 Å². The molecule has 0 heterocycles. The molecule has 2 aromatic carbocycles. The maximum absolute atomic E-state index is 14.5. The Labute approximate surface area is 159 Å². The quantitative estimate of drug-likeness (QED) is 0.731. The summed E-state index contributed by atoms with van der Waals surface area (Å²) in [4.78, 5) is 24.9. The lowest BCUT2D eigenvalue weighted by Crippen LogP contribution is -2.41. The smallest absolute Gasteiger partial charge is 0.247 e. The third-order valence-electron chi connectivity index (χ3n) is 5.04. The fourth-order valence-electron chi connectivity index (χ4n) is 3.60. The van der Waals surface area contributed by atoms with Gasteiger partial charge in [0.05, 0.1) is 0 Å². The normalized spacial score (nSPS) is 15.8. The van der Waals surface area contributed by atoms with Crippen molar-refractivity contribution in [1.29, 1.82) is 0 Å². The molecule has 1 fully saturated rings. The number of hydrogen-bond donors (Lipinski definition) is 2. The summed E-state index contributed by atoms with van der Waals surface area (Å²) >= 11 is 0. The van der Waals surface area contributed by atoms with Gasteiger partial charge in [-0.05, 0) is 38.0 Å². The number of para-hydroxylation sites is 1. The second-order valence-corrected chi connectivity index (χ2v) is 7.04. The number of hydrogen-bond acceptors (Lipinski definition) is 3. The molecule has 1 aliphatic rings. The van der Waals surface area contributed by atoms with Gasteiger partial charge in [0, 0.05) is 22.9 Å². The zero-order valence-electron chi connectivity index (χ0n) is 15.5. The molecule has 3 rings (SSSR count). The van der Waals surface area contributed by atoms with Crippen molar-refractivity contribution in [3.05, 3.63) is 65.5 Å². The van der Waals surface area contributed by atoms with Gasteiger partial charge in [0.25, 0.3) is 0 Å². The Morgan fingerprint density at radius 3 is 2.37 bits per heavy atom. The van der Waals surface area contributed by atoms with E-state index in [1.54, 1.807) is 42.5 Å². The van der Waals surface area contributed by atoms with E-state index in [1.165, 1.54) is 19.4 Å². The van der Waals surface area contributed by atoms with E-state index in [1.807, 2.05) is 0 Å². The standard InChI is InChI=1S/C22H25FN2O2/c1-15(26)17-11-6-8-14-20(17)25-21(18-12-5-7-13-19(18)23)22(27)24-16-9-3-2-4-10-16/h5-8,11-14,16,21,25H,2-4,9-10H2,1H3,(H,24,27). The monoisotopic (exact) mass is 368 g/mol. The second-order valence-electron chi connectivity index (χ2n) is 7.04. The maximum Gasteiger partial charge on any atom is 0.247 e. The number of ketones is 1. The highest BCUT2D eigenvalue weighted by molar-refractivity contribution is 6.00. The molecule has 0 aliphatic heterocycles. The molecule has 0 bridgehead atoms. The van der Waals surface area contributed by atoms with Gasteiger partial charge >= 0.3 is 0 Å². The van der Waals surface area contributed by atoms with E-state index in [0.717, 1.165) is 25.7 Å². The van der Waals surface area contributed by atoms with E-state index in [9.17, 15) is 14.0 Å². The van der Waals surface area contributed by atoms with Crippen LogP contribution in [0.2, 0.25) is 0 Å². The van der Waals surface area contributed by atoms with Crippen LogP contribution in [0.25, 0.3) is 0 Å². The Hall–Kier alpha value is -2.69. The lowest BCUT2D eigenvalue weighted by Gasteiger charge is -2.27. The number of carbonyl (C=O) groups is 2. The van der Waals surface area contributed by atoms with Gasteiger partial charge in [0.15, 0.2) is 5.78 Å². The van der Waals surface area contributed by atoms with E-state index in [-0.39, 0.29) is 23.3 Å². The second kappa shape index (κ2) is 8.80. The summed E-state index contributed by atoms with van der Waals surface area (Å²) < 4.78 is 14.5. The SMILES string of the molecule is CC(=O)c1ccccc1NC(C(=O)NC1CCCCC1)c1ccccc1F. The molecule has 1 amide bonds. The predicted octanol–water partition coefficient (Wildman–Crippen LogP) is 4.63. The zero-order chi connectivity index (χ0) is 19.2. The summed E-state index contributed by atoms with van der Waals surface area (Å²) in [5.41, 5.74) is 1.27. The van der Waals surface area contributed by atoms with Crippen LogP contribution in [0.3, 0.4) is 0 Å². The van der Waals surface area contributed by atoms with Crippen LogP contribution in [0.15, 0.2) is 48.5 Å². The van der Waals surface area contributed by atoms with Gasteiger partial charge in [0.2, 0.25) is 5.91 Å². The van der Waals surface area contributed by atoms with Crippen LogP contribution in [0, 0.1) is 5.82 Å². The van der Waals surface area contributed by atoms with Crippen LogP contribution < -0.4 is 10.6 Å². The Bertz CT molecular complexity index is 815. The van der Waals surface area contributed by atoms with Crippen molar-refractivity contribution in [2.75, 3.05) is 5.32 Å². The lowest BCUT2D eigenvalue weighted by atomic mass is 9.94. The van der Waals surface area contributed by atoms with Gasteiger partial charge in [-0.25, -0.2) is 4.39 Å². The van der Waals surface area contributed by atoms with Crippen molar-refractivity contribution in [3.63, 3.8) is 0 Å². The van der Waals surface area contributed by atoms with Crippen LogP contribution in [-0.4, -0.2) is 17.7 Å². The highest BCUT2D eigenvalue weighted by Crippen LogP contribution is 2.26. The fraction of sp³-hybridized carbons (Fsp3) is 0.364. The van der Waals surface area contributed by atoms with E-state index in [2.05, 4.69) is 10.6 Å². The third-order valence-corrected chi connectivity index (χ3v) is 5.04. The maximum atomic E-state index is 14.5. The molecular weight excluding hydrogens is 343 g/mol. The molecule has 1 atom stereocenters. The van der Waals surface area contributed by atoms with Gasteiger partial charge in [0.1, 0.15) is 11.9 Å². The van der Waals surface area contributed by atoms with E-state index in [4.69, 9.17) is 0 Å². The van der Waals surface area contributed by atoms with E-state index < -0.39 is 11.9 Å². The Kier molecular flexibility index (Phi) is 6.22. The zero-order valence-corrected chi connectivity index (χ0v) is 15.5. The Morgan fingerprint density at radius 2 is 1.67 bits per heavy atom. The fourth-order valence-corrected chi connectivity index (χ4v) is 3.60.